The fourth-order valence-corrected chi connectivity index (χ4v) is 2.39. The van der Waals surface area contributed by atoms with E-state index < -0.39 is 0 Å². The maximum absolute atomic E-state index is 11.7. The number of para-hydroxylation sites is 1. The molecule has 18 heavy (non-hydrogen) atoms. The van der Waals surface area contributed by atoms with Crippen LogP contribution in [0.4, 0.5) is 5.69 Å². The Hall–Kier alpha value is -1.71. The van der Waals surface area contributed by atoms with Crippen molar-refractivity contribution in [3.8, 4) is 5.75 Å². The lowest BCUT2D eigenvalue weighted by Gasteiger charge is -2.31. The molecule has 1 saturated heterocycles. The van der Waals surface area contributed by atoms with Crippen molar-refractivity contribution in [2.75, 3.05) is 31.6 Å². The average molecular weight is 246 g/mol. The number of hydrogen-bond acceptors (Lipinski definition) is 3. The van der Waals surface area contributed by atoms with Gasteiger partial charge >= 0.3 is 0 Å². The van der Waals surface area contributed by atoms with Crippen LogP contribution in [0.2, 0.25) is 0 Å². The first-order valence-electron chi connectivity index (χ1n) is 6.61. The standard InChI is InChI=1S/C14H18N2O2/c17-13(16-8-3-9-16)10-18-12-6-1-4-11-5-2-7-15-14(11)12/h1,4,6,15H,2-3,5,7-10H2. The highest BCUT2D eigenvalue weighted by Crippen LogP contribution is 2.31. The van der Waals surface area contributed by atoms with Gasteiger partial charge in [0, 0.05) is 19.6 Å². The minimum Gasteiger partial charge on any atom is -0.482 e. The summed E-state index contributed by atoms with van der Waals surface area (Å²) < 4.78 is 5.67. The molecule has 2 aliphatic heterocycles. The van der Waals surface area contributed by atoms with E-state index in [2.05, 4.69) is 11.4 Å². The zero-order valence-electron chi connectivity index (χ0n) is 10.4. The Balaban J connectivity index is 1.66. The van der Waals surface area contributed by atoms with Gasteiger partial charge in [-0.15, -0.1) is 0 Å². The summed E-state index contributed by atoms with van der Waals surface area (Å²) in [7, 11) is 0. The fourth-order valence-electron chi connectivity index (χ4n) is 2.39. The topological polar surface area (TPSA) is 41.6 Å². The molecule has 2 aliphatic rings. The van der Waals surface area contributed by atoms with Crippen molar-refractivity contribution in [3.63, 3.8) is 0 Å². The normalized spacial score (nSPS) is 17.4. The number of anilines is 1. The maximum Gasteiger partial charge on any atom is 0.260 e. The minimum atomic E-state index is 0.0923. The molecule has 1 N–H and O–H groups in total. The number of likely N-dealkylation sites (tertiary alicyclic amines) is 1. The summed E-state index contributed by atoms with van der Waals surface area (Å²) in [4.78, 5) is 13.6. The van der Waals surface area contributed by atoms with E-state index in [-0.39, 0.29) is 12.5 Å². The van der Waals surface area contributed by atoms with Gasteiger partial charge in [-0.25, -0.2) is 0 Å². The molecule has 4 nitrogen and oxygen atoms in total. The number of carbonyl (C=O) groups excluding carboxylic acids is 1. The van der Waals surface area contributed by atoms with Crippen molar-refractivity contribution in [3.05, 3.63) is 23.8 Å². The van der Waals surface area contributed by atoms with Crippen molar-refractivity contribution in [2.45, 2.75) is 19.3 Å². The highest BCUT2D eigenvalue weighted by atomic mass is 16.5. The van der Waals surface area contributed by atoms with Gasteiger partial charge in [0.15, 0.2) is 6.61 Å². The predicted molar refractivity (Wildman–Crippen MR) is 69.9 cm³/mol. The quantitative estimate of drug-likeness (QED) is 0.882. The molecular formula is C14H18N2O2. The van der Waals surface area contributed by atoms with E-state index in [1.165, 1.54) is 5.56 Å². The second-order valence-electron chi connectivity index (χ2n) is 4.84. The molecule has 0 saturated carbocycles. The lowest BCUT2D eigenvalue weighted by atomic mass is 10.0. The fraction of sp³-hybridized carbons (Fsp3) is 0.500. The van der Waals surface area contributed by atoms with Crippen LogP contribution in [0.15, 0.2) is 18.2 Å². The van der Waals surface area contributed by atoms with Gasteiger partial charge in [-0.1, -0.05) is 12.1 Å². The highest BCUT2D eigenvalue weighted by molar-refractivity contribution is 5.78. The first kappa shape index (κ1) is 11.4. The largest absolute Gasteiger partial charge is 0.482 e. The van der Waals surface area contributed by atoms with E-state index in [0.717, 1.165) is 50.3 Å². The van der Waals surface area contributed by atoms with E-state index in [4.69, 9.17) is 4.74 Å². The molecule has 3 rings (SSSR count). The number of rotatable bonds is 3. The van der Waals surface area contributed by atoms with Crippen molar-refractivity contribution >= 4 is 11.6 Å². The number of benzene rings is 1. The van der Waals surface area contributed by atoms with Crippen LogP contribution < -0.4 is 10.1 Å². The van der Waals surface area contributed by atoms with E-state index in [9.17, 15) is 4.79 Å². The van der Waals surface area contributed by atoms with E-state index in [1.807, 2.05) is 17.0 Å². The molecular weight excluding hydrogens is 228 g/mol. The van der Waals surface area contributed by atoms with Crippen molar-refractivity contribution in [2.24, 2.45) is 0 Å². The molecule has 0 atom stereocenters. The lowest BCUT2D eigenvalue weighted by molar-refractivity contribution is -0.136. The van der Waals surface area contributed by atoms with Gasteiger partial charge < -0.3 is 15.0 Å². The van der Waals surface area contributed by atoms with Gasteiger partial charge in [-0.2, -0.15) is 0 Å². The molecule has 1 amide bonds. The summed E-state index contributed by atoms with van der Waals surface area (Å²) in [6.07, 6.45) is 3.36. The molecule has 0 spiro atoms. The summed E-state index contributed by atoms with van der Waals surface area (Å²) >= 11 is 0. The number of hydrogen-bond donors (Lipinski definition) is 1. The van der Waals surface area contributed by atoms with Gasteiger partial charge in [0.05, 0.1) is 5.69 Å². The lowest BCUT2D eigenvalue weighted by Crippen LogP contribution is -2.44. The van der Waals surface area contributed by atoms with Gasteiger partial charge in [-0.05, 0) is 30.9 Å². The summed E-state index contributed by atoms with van der Waals surface area (Å²) in [5.74, 6) is 0.899. The van der Waals surface area contributed by atoms with Crippen LogP contribution in [0, 0.1) is 0 Å². The Morgan fingerprint density at radius 1 is 1.33 bits per heavy atom. The van der Waals surface area contributed by atoms with Crippen LogP contribution in [0.3, 0.4) is 0 Å². The molecule has 0 bridgehead atoms. The number of aryl methyl sites for hydroxylation is 1. The minimum absolute atomic E-state index is 0.0923. The van der Waals surface area contributed by atoms with Crippen LogP contribution in [-0.2, 0) is 11.2 Å². The molecule has 0 unspecified atom stereocenters. The van der Waals surface area contributed by atoms with Gasteiger partial charge in [-0.3, -0.25) is 4.79 Å². The molecule has 1 aromatic carbocycles. The number of amides is 1. The monoisotopic (exact) mass is 246 g/mol. The Morgan fingerprint density at radius 3 is 3.00 bits per heavy atom. The molecule has 2 heterocycles. The maximum atomic E-state index is 11.7. The van der Waals surface area contributed by atoms with Crippen LogP contribution in [0.1, 0.15) is 18.4 Å². The molecule has 1 fully saturated rings. The molecule has 0 aromatic heterocycles. The molecule has 0 radical (unpaired) electrons. The Bertz CT molecular complexity index is 455. The van der Waals surface area contributed by atoms with Gasteiger partial charge in [0.1, 0.15) is 5.75 Å². The highest BCUT2D eigenvalue weighted by Gasteiger charge is 2.21. The molecule has 4 heteroatoms. The van der Waals surface area contributed by atoms with Crippen molar-refractivity contribution < 1.29 is 9.53 Å². The van der Waals surface area contributed by atoms with Crippen molar-refractivity contribution in [1.29, 1.82) is 0 Å². The third-order valence-electron chi connectivity index (χ3n) is 3.60. The Labute approximate surface area is 107 Å². The summed E-state index contributed by atoms with van der Waals surface area (Å²) in [5.41, 5.74) is 2.36. The number of nitrogens with one attached hydrogen (secondary N) is 1. The molecule has 0 aliphatic carbocycles. The first-order valence-corrected chi connectivity index (χ1v) is 6.61. The number of nitrogens with zero attached hydrogens (tertiary/aromatic N) is 1. The van der Waals surface area contributed by atoms with Crippen LogP contribution in [0.25, 0.3) is 0 Å². The van der Waals surface area contributed by atoms with Crippen LogP contribution in [-0.4, -0.2) is 37.0 Å². The third kappa shape index (κ3) is 2.15. The van der Waals surface area contributed by atoms with Crippen LogP contribution in [0.5, 0.6) is 5.75 Å². The second-order valence-corrected chi connectivity index (χ2v) is 4.84. The summed E-state index contributed by atoms with van der Waals surface area (Å²) in [5, 5.41) is 3.36. The van der Waals surface area contributed by atoms with Crippen molar-refractivity contribution in [1.82, 2.24) is 4.90 Å². The Kier molecular flexibility index (Phi) is 3.09. The smallest absolute Gasteiger partial charge is 0.260 e. The first-order chi connectivity index (χ1) is 8.84. The van der Waals surface area contributed by atoms with Gasteiger partial charge in [0.25, 0.3) is 5.91 Å². The summed E-state index contributed by atoms with van der Waals surface area (Å²) in [6, 6.07) is 6.04. The van der Waals surface area contributed by atoms with E-state index in [1.54, 1.807) is 0 Å². The van der Waals surface area contributed by atoms with E-state index >= 15 is 0 Å². The molecule has 1 aromatic rings. The predicted octanol–water partition coefficient (Wildman–Crippen LogP) is 1.66. The number of ether oxygens (including phenoxy) is 1. The SMILES string of the molecule is O=C(COc1cccc2c1NCCC2)N1CCC1. The van der Waals surface area contributed by atoms with E-state index in [0.29, 0.717) is 0 Å². The molecule has 96 valence electrons. The second kappa shape index (κ2) is 4.88. The summed E-state index contributed by atoms with van der Waals surface area (Å²) in [6.45, 7) is 2.90. The zero-order valence-corrected chi connectivity index (χ0v) is 10.4. The number of fused-ring (bicyclic) bond motifs is 1. The zero-order chi connectivity index (χ0) is 12.4. The van der Waals surface area contributed by atoms with Gasteiger partial charge in [0.2, 0.25) is 0 Å². The third-order valence-corrected chi connectivity index (χ3v) is 3.60. The Morgan fingerprint density at radius 2 is 2.22 bits per heavy atom. The van der Waals surface area contributed by atoms with Crippen LogP contribution >= 0.6 is 0 Å². The average Bonchev–Trinajstić information content (AvgIpc) is 2.34. The number of carbonyl (C=O) groups is 1.